The second-order valence-electron chi connectivity index (χ2n) is 2.80. The van der Waals surface area contributed by atoms with Gasteiger partial charge in [-0.3, -0.25) is 0 Å². The van der Waals surface area contributed by atoms with Crippen LogP contribution in [-0.4, -0.2) is 6.54 Å². The third-order valence-corrected chi connectivity index (χ3v) is 1.92. The van der Waals surface area contributed by atoms with Gasteiger partial charge in [0.1, 0.15) is 0 Å². The first kappa shape index (κ1) is 6.09. The Morgan fingerprint density at radius 1 is 1.75 bits per heavy atom. The van der Waals surface area contributed by atoms with Crippen molar-refractivity contribution >= 4 is 0 Å². The Morgan fingerprint density at radius 2 is 2.50 bits per heavy atom. The molecule has 0 saturated heterocycles. The van der Waals surface area contributed by atoms with Crippen LogP contribution in [0.2, 0.25) is 0 Å². The van der Waals surface area contributed by atoms with E-state index in [1.54, 1.807) is 5.92 Å². The van der Waals surface area contributed by atoms with Gasteiger partial charge in [-0.25, -0.2) is 0 Å². The van der Waals surface area contributed by atoms with Crippen molar-refractivity contribution in [3.05, 3.63) is 5.92 Å². The van der Waals surface area contributed by atoms with Crippen molar-refractivity contribution in [1.29, 1.82) is 0 Å². The Labute approximate surface area is 51.3 Å². The van der Waals surface area contributed by atoms with E-state index in [0.717, 1.165) is 12.5 Å². The van der Waals surface area contributed by atoms with Gasteiger partial charge in [0, 0.05) is 0 Å². The molecule has 0 aromatic rings. The zero-order chi connectivity index (χ0) is 5.98. The molecule has 0 amide bonds. The van der Waals surface area contributed by atoms with Gasteiger partial charge in [0.2, 0.25) is 0 Å². The van der Waals surface area contributed by atoms with Gasteiger partial charge in [-0.2, -0.15) is 0 Å². The summed E-state index contributed by atoms with van der Waals surface area (Å²) in [4.78, 5) is 0. The smallest absolute Gasteiger partial charge is 0.00146 e. The molecule has 1 nitrogen and oxygen atoms in total. The molecule has 1 radical (unpaired) electrons. The second-order valence-corrected chi connectivity index (χ2v) is 2.80. The van der Waals surface area contributed by atoms with Gasteiger partial charge in [-0.1, -0.05) is 13.3 Å². The van der Waals surface area contributed by atoms with Crippen molar-refractivity contribution in [3.63, 3.8) is 0 Å². The van der Waals surface area contributed by atoms with Crippen LogP contribution < -0.4 is 5.73 Å². The third kappa shape index (κ3) is 1.22. The van der Waals surface area contributed by atoms with E-state index in [4.69, 9.17) is 5.73 Å². The molecule has 1 saturated carbocycles. The lowest BCUT2D eigenvalue weighted by Gasteiger charge is -2.01. The molecule has 1 fully saturated rings. The molecule has 1 atom stereocenters. The molecular formula is C7H14N. The maximum absolute atomic E-state index is 5.46. The van der Waals surface area contributed by atoms with Crippen LogP contribution in [0.3, 0.4) is 0 Å². The number of hydrogen-bond donors (Lipinski definition) is 1. The van der Waals surface area contributed by atoms with Crippen molar-refractivity contribution in [2.75, 3.05) is 6.54 Å². The summed E-state index contributed by atoms with van der Waals surface area (Å²) in [7, 11) is 0. The summed E-state index contributed by atoms with van der Waals surface area (Å²) in [5, 5.41) is 0. The third-order valence-electron chi connectivity index (χ3n) is 1.92. The zero-order valence-corrected chi connectivity index (χ0v) is 5.48. The Balaban J connectivity index is 2.22. The van der Waals surface area contributed by atoms with Crippen LogP contribution >= 0.6 is 0 Å². The van der Waals surface area contributed by atoms with Crippen LogP contribution in [0, 0.1) is 11.8 Å². The maximum atomic E-state index is 5.46. The van der Waals surface area contributed by atoms with Gasteiger partial charge in [0.15, 0.2) is 0 Å². The molecule has 1 rings (SSSR count). The fraction of sp³-hybridized carbons (Fsp3) is 0.857. The van der Waals surface area contributed by atoms with E-state index >= 15 is 0 Å². The molecule has 1 heteroatoms. The van der Waals surface area contributed by atoms with Gasteiger partial charge < -0.3 is 5.73 Å². The fourth-order valence-corrected chi connectivity index (χ4v) is 1.33. The Morgan fingerprint density at radius 3 is 2.75 bits per heavy atom. The molecule has 0 aromatic heterocycles. The SMILES string of the molecule is CC1CC[C](CN)C1. The highest BCUT2D eigenvalue weighted by atomic mass is 14.6. The van der Waals surface area contributed by atoms with Crippen molar-refractivity contribution in [2.24, 2.45) is 11.7 Å². The minimum atomic E-state index is 0.824. The minimum Gasteiger partial charge on any atom is -0.330 e. The maximum Gasteiger partial charge on any atom is -0.00146 e. The quantitative estimate of drug-likeness (QED) is 0.544. The summed E-state index contributed by atoms with van der Waals surface area (Å²) in [5.41, 5.74) is 5.46. The van der Waals surface area contributed by atoms with E-state index in [1.807, 2.05) is 0 Å². The molecule has 0 aromatic carbocycles. The first-order valence-corrected chi connectivity index (χ1v) is 3.36. The molecular weight excluding hydrogens is 98.1 g/mol. The largest absolute Gasteiger partial charge is 0.330 e. The summed E-state index contributed by atoms with van der Waals surface area (Å²) in [6.45, 7) is 3.12. The second kappa shape index (κ2) is 2.49. The first-order valence-electron chi connectivity index (χ1n) is 3.36. The van der Waals surface area contributed by atoms with E-state index in [1.165, 1.54) is 19.3 Å². The normalized spacial score (nSPS) is 31.5. The van der Waals surface area contributed by atoms with Gasteiger partial charge in [-0.05, 0) is 31.2 Å². The monoisotopic (exact) mass is 112 g/mol. The Hall–Kier alpha value is -0.0400. The summed E-state index contributed by atoms with van der Waals surface area (Å²) in [5.74, 6) is 2.48. The molecule has 47 valence electrons. The summed E-state index contributed by atoms with van der Waals surface area (Å²) >= 11 is 0. The zero-order valence-electron chi connectivity index (χ0n) is 5.48. The van der Waals surface area contributed by atoms with Gasteiger partial charge in [0.25, 0.3) is 0 Å². The standard InChI is InChI=1S/C7H14N/c1-6-2-3-7(4-6)5-8/h6H,2-5,8H2,1H3. The van der Waals surface area contributed by atoms with Gasteiger partial charge >= 0.3 is 0 Å². The van der Waals surface area contributed by atoms with Crippen molar-refractivity contribution in [3.8, 4) is 0 Å². The van der Waals surface area contributed by atoms with Gasteiger partial charge in [0.05, 0.1) is 0 Å². The first-order chi connectivity index (χ1) is 3.83. The Kier molecular flexibility index (Phi) is 1.90. The van der Waals surface area contributed by atoms with E-state index in [2.05, 4.69) is 6.92 Å². The molecule has 1 aliphatic carbocycles. The number of rotatable bonds is 1. The number of hydrogen-bond acceptors (Lipinski definition) is 1. The average molecular weight is 112 g/mol. The lowest BCUT2D eigenvalue weighted by Crippen LogP contribution is -2.08. The molecule has 0 heterocycles. The van der Waals surface area contributed by atoms with E-state index in [-0.39, 0.29) is 0 Å². The molecule has 0 aliphatic heterocycles. The van der Waals surface area contributed by atoms with Crippen LogP contribution in [0.1, 0.15) is 26.2 Å². The fourth-order valence-electron chi connectivity index (χ4n) is 1.33. The van der Waals surface area contributed by atoms with Crippen molar-refractivity contribution in [2.45, 2.75) is 26.2 Å². The topological polar surface area (TPSA) is 26.0 Å². The molecule has 2 N–H and O–H groups in total. The van der Waals surface area contributed by atoms with Crippen molar-refractivity contribution < 1.29 is 0 Å². The minimum absolute atomic E-state index is 0.824. The summed E-state index contributed by atoms with van der Waals surface area (Å²) in [6, 6.07) is 0. The molecule has 8 heavy (non-hydrogen) atoms. The lowest BCUT2D eigenvalue weighted by atomic mass is 10.1. The Bertz CT molecular complexity index is 70.8. The van der Waals surface area contributed by atoms with E-state index < -0.39 is 0 Å². The van der Waals surface area contributed by atoms with Gasteiger partial charge in [-0.15, -0.1) is 0 Å². The van der Waals surface area contributed by atoms with Crippen LogP contribution in [0.25, 0.3) is 0 Å². The van der Waals surface area contributed by atoms with Crippen LogP contribution in [0.5, 0.6) is 0 Å². The van der Waals surface area contributed by atoms with E-state index in [9.17, 15) is 0 Å². The average Bonchev–Trinajstić information content (AvgIpc) is 2.14. The van der Waals surface area contributed by atoms with Crippen molar-refractivity contribution in [1.82, 2.24) is 0 Å². The predicted octanol–water partition coefficient (Wildman–Crippen LogP) is 1.34. The molecule has 0 bridgehead atoms. The lowest BCUT2D eigenvalue weighted by molar-refractivity contribution is 0.614. The van der Waals surface area contributed by atoms with Crippen LogP contribution in [-0.2, 0) is 0 Å². The molecule has 0 spiro atoms. The molecule has 1 unspecified atom stereocenters. The number of nitrogens with two attached hydrogens (primary N) is 1. The highest BCUT2D eigenvalue weighted by Crippen LogP contribution is 2.30. The summed E-state index contributed by atoms with van der Waals surface area (Å²) in [6.07, 6.45) is 3.95. The highest BCUT2D eigenvalue weighted by molar-refractivity contribution is 4.97. The van der Waals surface area contributed by atoms with Crippen LogP contribution in [0.15, 0.2) is 0 Å². The van der Waals surface area contributed by atoms with E-state index in [0.29, 0.717) is 0 Å². The summed E-state index contributed by atoms with van der Waals surface area (Å²) < 4.78 is 0. The van der Waals surface area contributed by atoms with Crippen LogP contribution in [0.4, 0.5) is 0 Å². The molecule has 1 aliphatic rings. The highest BCUT2D eigenvalue weighted by Gasteiger charge is 2.19. The predicted molar refractivity (Wildman–Crippen MR) is 35.3 cm³/mol.